The number of hydrogen-bond donors (Lipinski definition) is 2. The molecule has 0 saturated heterocycles. The van der Waals surface area contributed by atoms with Gasteiger partial charge in [-0.15, -0.1) is 0 Å². The van der Waals surface area contributed by atoms with E-state index in [0.717, 1.165) is 23.9 Å². The highest BCUT2D eigenvalue weighted by atomic mass is 32.2. The summed E-state index contributed by atoms with van der Waals surface area (Å²) in [6.07, 6.45) is 0. The normalized spacial score (nSPS) is 10.9. The number of hydrogen-bond acceptors (Lipinski definition) is 5. The second-order valence-corrected chi connectivity index (χ2v) is 6.50. The van der Waals surface area contributed by atoms with E-state index in [9.17, 15) is 23.5 Å². The zero-order valence-corrected chi connectivity index (χ0v) is 14.8. The van der Waals surface area contributed by atoms with Crippen LogP contribution < -0.4 is 10.9 Å². The molecule has 140 valence electrons. The lowest BCUT2D eigenvalue weighted by Crippen LogP contribution is -2.25. The third-order valence-electron chi connectivity index (χ3n) is 3.69. The third kappa shape index (κ3) is 4.32. The van der Waals surface area contributed by atoms with Gasteiger partial charge in [-0.3, -0.25) is 14.2 Å². The molecule has 1 aromatic heterocycles. The molecule has 27 heavy (non-hydrogen) atoms. The number of carbonyl (C=O) groups excluding carboxylic acids is 1. The topological polar surface area (TPSA) is 84.2 Å². The Hall–Kier alpha value is -2.78. The number of aliphatic hydroxyl groups is 1. The van der Waals surface area contributed by atoms with Crippen molar-refractivity contribution in [2.45, 2.75) is 11.7 Å². The highest BCUT2D eigenvalue weighted by Gasteiger charge is 2.14. The minimum absolute atomic E-state index is 0.0349. The number of amides is 1. The lowest BCUT2D eigenvalue weighted by atomic mass is 10.2. The van der Waals surface area contributed by atoms with Crippen LogP contribution in [0.4, 0.5) is 14.5 Å². The van der Waals surface area contributed by atoms with Gasteiger partial charge in [-0.2, -0.15) is 0 Å². The van der Waals surface area contributed by atoms with Gasteiger partial charge in [-0.05, 0) is 24.3 Å². The fourth-order valence-electron chi connectivity index (χ4n) is 2.46. The number of rotatable bonds is 6. The summed E-state index contributed by atoms with van der Waals surface area (Å²) in [6, 6.07) is 9.61. The lowest BCUT2D eigenvalue weighted by Gasteiger charge is -2.12. The predicted molar refractivity (Wildman–Crippen MR) is 98.8 cm³/mol. The standard InChI is InChI=1S/C18H15F2N3O3S/c19-11-5-6-15(13(20)9-11)21-16(25)10-27-18-22-14-4-2-1-3-12(14)17(26)23(18)7-8-24/h1-6,9,24H,7-8,10H2,(H,21,25). The minimum Gasteiger partial charge on any atom is -0.395 e. The van der Waals surface area contributed by atoms with Crippen molar-refractivity contribution >= 4 is 34.3 Å². The van der Waals surface area contributed by atoms with E-state index in [0.29, 0.717) is 17.0 Å². The summed E-state index contributed by atoms with van der Waals surface area (Å²) in [5, 5.41) is 12.2. The van der Waals surface area contributed by atoms with Crippen molar-refractivity contribution < 1.29 is 18.7 Å². The third-order valence-corrected chi connectivity index (χ3v) is 4.66. The summed E-state index contributed by atoms with van der Waals surface area (Å²) < 4.78 is 27.8. The van der Waals surface area contributed by atoms with E-state index in [2.05, 4.69) is 10.3 Å². The Bertz CT molecular complexity index is 1060. The molecule has 0 atom stereocenters. The molecule has 0 unspecified atom stereocenters. The molecule has 0 aliphatic heterocycles. The van der Waals surface area contributed by atoms with Gasteiger partial charge in [-0.25, -0.2) is 13.8 Å². The number of thioether (sulfide) groups is 1. The molecule has 1 amide bonds. The van der Waals surface area contributed by atoms with Crippen molar-refractivity contribution in [2.75, 3.05) is 17.7 Å². The largest absolute Gasteiger partial charge is 0.395 e. The number of aliphatic hydroxyl groups excluding tert-OH is 1. The van der Waals surface area contributed by atoms with Gasteiger partial charge in [-0.1, -0.05) is 23.9 Å². The average Bonchev–Trinajstić information content (AvgIpc) is 2.65. The quantitative estimate of drug-likeness (QED) is 0.498. The Morgan fingerprint density at radius 1 is 1.22 bits per heavy atom. The lowest BCUT2D eigenvalue weighted by molar-refractivity contribution is -0.113. The molecule has 0 aliphatic carbocycles. The number of fused-ring (bicyclic) bond motifs is 1. The molecule has 1 heterocycles. The number of halogens is 2. The number of aromatic nitrogens is 2. The van der Waals surface area contributed by atoms with Gasteiger partial charge in [0, 0.05) is 6.07 Å². The molecule has 2 aromatic carbocycles. The van der Waals surface area contributed by atoms with Crippen molar-refractivity contribution in [1.82, 2.24) is 9.55 Å². The Balaban J connectivity index is 1.80. The summed E-state index contributed by atoms with van der Waals surface area (Å²) in [5.41, 5.74) is 0.0209. The number of benzene rings is 2. The van der Waals surface area contributed by atoms with Crippen molar-refractivity contribution in [3.05, 3.63) is 64.5 Å². The van der Waals surface area contributed by atoms with E-state index < -0.39 is 17.5 Å². The van der Waals surface area contributed by atoms with Crippen molar-refractivity contribution in [2.24, 2.45) is 0 Å². The smallest absolute Gasteiger partial charge is 0.262 e. The van der Waals surface area contributed by atoms with Crippen molar-refractivity contribution in [1.29, 1.82) is 0 Å². The molecule has 3 rings (SSSR count). The SMILES string of the molecule is O=C(CSc1nc2ccccc2c(=O)n1CCO)Nc1ccc(F)cc1F. The maximum absolute atomic E-state index is 13.6. The van der Waals surface area contributed by atoms with E-state index in [1.807, 2.05) is 0 Å². The number of anilines is 1. The van der Waals surface area contributed by atoms with Crippen LogP contribution in [0, 0.1) is 11.6 Å². The first-order valence-electron chi connectivity index (χ1n) is 7.97. The van der Waals surface area contributed by atoms with E-state index in [1.165, 1.54) is 4.57 Å². The fraction of sp³-hybridized carbons (Fsp3) is 0.167. The molecule has 0 fully saturated rings. The Labute approximate surface area is 156 Å². The van der Waals surface area contributed by atoms with E-state index >= 15 is 0 Å². The summed E-state index contributed by atoms with van der Waals surface area (Å²) in [7, 11) is 0. The number of nitrogens with zero attached hydrogens (tertiary/aromatic N) is 2. The predicted octanol–water partition coefficient (Wildman–Crippen LogP) is 2.40. The van der Waals surface area contributed by atoms with Crippen LogP contribution in [-0.4, -0.2) is 32.9 Å². The Kier molecular flexibility index (Phi) is 5.82. The van der Waals surface area contributed by atoms with Gasteiger partial charge in [0.15, 0.2) is 5.16 Å². The van der Waals surface area contributed by atoms with Crippen molar-refractivity contribution in [3.63, 3.8) is 0 Å². The van der Waals surface area contributed by atoms with Gasteiger partial charge in [0.1, 0.15) is 11.6 Å². The highest BCUT2D eigenvalue weighted by Crippen LogP contribution is 2.19. The van der Waals surface area contributed by atoms with Gasteiger partial charge in [0.05, 0.1) is 35.5 Å². The minimum atomic E-state index is -0.880. The van der Waals surface area contributed by atoms with E-state index in [1.54, 1.807) is 24.3 Å². The molecule has 0 aliphatic rings. The van der Waals surface area contributed by atoms with Crippen molar-refractivity contribution in [3.8, 4) is 0 Å². The molecule has 0 bridgehead atoms. The average molecular weight is 391 g/mol. The second kappa shape index (κ2) is 8.28. The molecule has 2 N–H and O–H groups in total. The van der Waals surface area contributed by atoms with Crippen LogP contribution in [0.1, 0.15) is 0 Å². The molecule has 9 heteroatoms. The Morgan fingerprint density at radius 2 is 2.00 bits per heavy atom. The van der Waals surface area contributed by atoms with Gasteiger partial charge < -0.3 is 10.4 Å². The summed E-state index contributed by atoms with van der Waals surface area (Å²) in [6.45, 7) is -0.228. The van der Waals surface area contributed by atoms with Crippen LogP contribution in [0.3, 0.4) is 0 Å². The molecular formula is C18H15F2N3O3S. The van der Waals surface area contributed by atoms with E-state index in [-0.39, 0.29) is 35.3 Å². The van der Waals surface area contributed by atoms with Crippen LogP contribution in [0.2, 0.25) is 0 Å². The van der Waals surface area contributed by atoms with Gasteiger partial charge >= 0.3 is 0 Å². The summed E-state index contributed by atoms with van der Waals surface area (Å²) in [5.74, 6) is -2.31. The van der Waals surface area contributed by atoms with Gasteiger partial charge in [0.25, 0.3) is 5.56 Å². The Morgan fingerprint density at radius 3 is 2.74 bits per heavy atom. The van der Waals surface area contributed by atoms with Crippen LogP contribution >= 0.6 is 11.8 Å². The van der Waals surface area contributed by atoms with Crippen LogP contribution in [0.5, 0.6) is 0 Å². The molecule has 0 radical (unpaired) electrons. The van der Waals surface area contributed by atoms with Crippen LogP contribution in [0.15, 0.2) is 52.4 Å². The first-order valence-corrected chi connectivity index (χ1v) is 8.96. The fourth-order valence-corrected chi connectivity index (χ4v) is 3.29. The summed E-state index contributed by atoms with van der Waals surface area (Å²) in [4.78, 5) is 29.0. The zero-order chi connectivity index (χ0) is 19.4. The van der Waals surface area contributed by atoms with E-state index in [4.69, 9.17) is 0 Å². The summed E-state index contributed by atoms with van der Waals surface area (Å²) >= 11 is 0.985. The highest BCUT2D eigenvalue weighted by molar-refractivity contribution is 7.99. The monoisotopic (exact) mass is 391 g/mol. The molecule has 6 nitrogen and oxygen atoms in total. The number of para-hydroxylation sites is 1. The molecule has 0 saturated carbocycles. The molecule has 0 spiro atoms. The second-order valence-electron chi connectivity index (χ2n) is 5.55. The van der Waals surface area contributed by atoms with Gasteiger partial charge in [0.2, 0.25) is 5.91 Å². The van der Waals surface area contributed by atoms with Crippen LogP contribution in [-0.2, 0) is 11.3 Å². The zero-order valence-electron chi connectivity index (χ0n) is 14.0. The number of carbonyl (C=O) groups is 1. The number of nitrogens with one attached hydrogen (secondary N) is 1. The maximum atomic E-state index is 13.6. The molecule has 3 aromatic rings. The maximum Gasteiger partial charge on any atom is 0.262 e. The molecular weight excluding hydrogens is 376 g/mol. The van der Waals surface area contributed by atoms with Crippen LogP contribution in [0.25, 0.3) is 10.9 Å². The first-order chi connectivity index (χ1) is 13.0. The first kappa shape index (κ1) is 19.0.